The smallest absolute Gasteiger partial charge is 0.254 e. The van der Waals surface area contributed by atoms with Crippen LogP contribution in [0.3, 0.4) is 0 Å². The molecule has 0 atom stereocenters. The van der Waals surface area contributed by atoms with Gasteiger partial charge in [-0.05, 0) is 36.4 Å². The van der Waals surface area contributed by atoms with Gasteiger partial charge in [0.2, 0.25) is 0 Å². The van der Waals surface area contributed by atoms with Gasteiger partial charge in [0.1, 0.15) is 0 Å². The highest BCUT2D eigenvalue weighted by Crippen LogP contribution is 2.27. The van der Waals surface area contributed by atoms with Crippen molar-refractivity contribution >= 4 is 55.4 Å². The number of hydrogen-bond acceptors (Lipinski definition) is 6. The minimum absolute atomic E-state index is 0.218. The Morgan fingerprint density at radius 2 is 1.07 bits per heavy atom. The fourth-order valence-corrected chi connectivity index (χ4v) is 2.79. The van der Waals surface area contributed by atoms with Gasteiger partial charge in [0.15, 0.2) is 23.9 Å². The summed E-state index contributed by atoms with van der Waals surface area (Å²) in [6.07, 6.45) is 3.50. The number of aromatic amines is 2. The van der Waals surface area contributed by atoms with E-state index in [4.69, 9.17) is 40.7 Å². The lowest BCUT2D eigenvalue weighted by Gasteiger charge is -2.06. The van der Waals surface area contributed by atoms with Gasteiger partial charge < -0.3 is 19.3 Å². The molecule has 0 saturated heterocycles. The number of phenolic OH excluding ortho intramolecular Hbond substituents is 2. The SMILES string of the molecule is O=S(=O)([O-])[O-].Oc1ccc(Cl)c2ccc[nH+]c12.Oc1ccc(Cl)c2ccc[nH+]c12. The second-order valence-corrected chi connectivity index (χ2v) is 7.09. The van der Waals surface area contributed by atoms with Crippen LogP contribution in [0.15, 0.2) is 60.9 Å². The van der Waals surface area contributed by atoms with Crippen molar-refractivity contribution in [2.75, 3.05) is 0 Å². The summed E-state index contributed by atoms with van der Waals surface area (Å²) in [5, 5.41) is 21.8. The van der Waals surface area contributed by atoms with E-state index >= 15 is 0 Å². The van der Waals surface area contributed by atoms with Gasteiger partial charge in [-0.15, -0.1) is 0 Å². The first-order valence-electron chi connectivity index (χ1n) is 7.80. The van der Waals surface area contributed by atoms with Crippen LogP contribution in [-0.2, 0) is 10.4 Å². The van der Waals surface area contributed by atoms with Crippen molar-refractivity contribution in [1.82, 2.24) is 0 Å². The van der Waals surface area contributed by atoms with Crippen molar-refractivity contribution < 1.29 is 37.7 Å². The zero-order chi connectivity index (χ0) is 21.6. The molecule has 11 heteroatoms. The number of phenols is 2. The van der Waals surface area contributed by atoms with E-state index in [9.17, 15) is 10.2 Å². The summed E-state index contributed by atoms with van der Waals surface area (Å²) in [5.41, 5.74) is 1.34. The summed E-state index contributed by atoms with van der Waals surface area (Å²) in [5.74, 6) is 0.435. The first-order chi connectivity index (χ1) is 13.6. The predicted octanol–water partition coefficient (Wildman–Crippen LogP) is 2.69. The standard InChI is InChI=1S/2C9H6ClNO.H2O4S/c2*10-7-3-4-8(12)9-6(7)2-1-5-11-9;1-5(2,3)4/h2*1-5,12H;(H2,1,2,3,4). The number of rotatable bonds is 0. The number of pyridine rings is 2. The van der Waals surface area contributed by atoms with Gasteiger partial charge >= 0.3 is 0 Å². The van der Waals surface area contributed by atoms with Gasteiger partial charge in [-0.2, -0.15) is 0 Å². The van der Waals surface area contributed by atoms with Crippen LogP contribution in [0.1, 0.15) is 0 Å². The quantitative estimate of drug-likeness (QED) is 0.306. The van der Waals surface area contributed by atoms with Crippen LogP contribution in [0.5, 0.6) is 11.5 Å². The molecule has 0 saturated carbocycles. The number of fused-ring (bicyclic) bond motifs is 2. The maximum atomic E-state index is 9.41. The summed E-state index contributed by atoms with van der Waals surface area (Å²) >= 11 is 11.8. The highest BCUT2D eigenvalue weighted by atomic mass is 35.5. The molecule has 2 aromatic heterocycles. The molecule has 4 N–H and O–H groups in total. The first-order valence-corrected chi connectivity index (χ1v) is 9.89. The Morgan fingerprint density at radius 1 is 0.724 bits per heavy atom. The summed E-state index contributed by atoms with van der Waals surface area (Å²) in [7, 11) is -5.17. The maximum Gasteiger partial charge on any atom is 0.254 e. The number of H-pyrrole nitrogens is 2. The fraction of sp³-hybridized carbons (Fsp3) is 0. The van der Waals surface area contributed by atoms with E-state index < -0.39 is 10.4 Å². The van der Waals surface area contributed by atoms with Crippen molar-refractivity contribution in [2.45, 2.75) is 0 Å². The first kappa shape index (κ1) is 22.6. The van der Waals surface area contributed by atoms with Crippen LogP contribution in [-0.4, -0.2) is 27.7 Å². The molecule has 0 bridgehead atoms. The molecule has 0 amide bonds. The number of nitrogens with one attached hydrogen (secondary N) is 2. The second-order valence-electron chi connectivity index (χ2n) is 5.46. The lowest BCUT2D eigenvalue weighted by Crippen LogP contribution is -2.01. The monoisotopic (exact) mass is 456 g/mol. The van der Waals surface area contributed by atoms with Crippen LogP contribution in [0.2, 0.25) is 10.0 Å². The van der Waals surface area contributed by atoms with Crippen molar-refractivity contribution in [1.29, 1.82) is 0 Å². The lowest BCUT2D eigenvalue weighted by atomic mass is 10.2. The van der Waals surface area contributed by atoms with Crippen molar-refractivity contribution in [3.8, 4) is 11.5 Å². The normalized spacial score (nSPS) is 10.6. The van der Waals surface area contributed by atoms with Crippen LogP contribution in [0, 0.1) is 0 Å². The van der Waals surface area contributed by atoms with Crippen LogP contribution < -0.4 is 9.97 Å². The minimum atomic E-state index is -5.17. The molecule has 4 aromatic rings. The fourth-order valence-electron chi connectivity index (χ4n) is 2.35. The van der Waals surface area contributed by atoms with Crippen LogP contribution >= 0.6 is 23.2 Å². The maximum absolute atomic E-state index is 9.41. The van der Waals surface area contributed by atoms with E-state index in [1.165, 1.54) is 0 Å². The molecule has 8 nitrogen and oxygen atoms in total. The summed E-state index contributed by atoms with van der Waals surface area (Å²) in [4.78, 5) is 5.85. The van der Waals surface area contributed by atoms with Crippen molar-refractivity contribution in [3.63, 3.8) is 0 Å². The highest BCUT2D eigenvalue weighted by molar-refractivity contribution is 7.79. The van der Waals surface area contributed by atoms with E-state index in [1.54, 1.807) is 36.7 Å². The number of hydrogen-bond donors (Lipinski definition) is 2. The highest BCUT2D eigenvalue weighted by Gasteiger charge is 2.08. The van der Waals surface area contributed by atoms with Gasteiger partial charge in [-0.1, -0.05) is 23.2 Å². The molecule has 0 fully saturated rings. The molecule has 0 spiro atoms. The molecule has 0 aliphatic heterocycles. The largest absolute Gasteiger partial charge is 0.759 e. The van der Waals surface area contributed by atoms with E-state index in [0.717, 1.165) is 10.8 Å². The molecule has 0 radical (unpaired) electrons. The number of aromatic hydroxyl groups is 2. The Bertz CT molecular complexity index is 1080. The zero-order valence-electron chi connectivity index (χ0n) is 14.5. The number of aromatic nitrogens is 2. The van der Waals surface area contributed by atoms with E-state index in [2.05, 4.69) is 9.97 Å². The number of benzene rings is 2. The third kappa shape index (κ3) is 6.70. The van der Waals surface area contributed by atoms with Gasteiger partial charge in [0.25, 0.3) is 11.0 Å². The molecule has 152 valence electrons. The topological polar surface area (TPSA) is 149 Å². The molecule has 0 aliphatic carbocycles. The Labute approximate surface area is 175 Å². The third-order valence-electron chi connectivity index (χ3n) is 3.51. The Morgan fingerprint density at radius 3 is 1.38 bits per heavy atom. The number of halogens is 2. The van der Waals surface area contributed by atoms with Crippen molar-refractivity contribution in [3.05, 3.63) is 71.0 Å². The average Bonchev–Trinajstić information content (AvgIpc) is 2.68. The molecule has 2 aromatic carbocycles. The van der Waals surface area contributed by atoms with E-state index in [-0.39, 0.29) is 11.5 Å². The summed E-state index contributed by atoms with van der Waals surface area (Å²) < 4.78 is 34.1. The van der Waals surface area contributed by atoms with E-state index in [0.29, 0.717) is 21.1 Å². The van der Waals surface area contributed by atoms with Crippen LogP contribution in [0.25, 0.3) is 21.8 Å². The second kappa shape index (κ2) is 9.68. The summed E-state index contributed by atoms with van der Waals surface area (Å²) in [6.45, 7) is 0. The third-order valence-corrected chi connectivity index (χ3v) is 4.17. The molecular weight excluding hydrogens is 443 g/mol. The summed E-state index contributed by atoms with van der Waals surface area (Å²) in [6, 6.07) is 13.9. The van der Waals surface area contributed by atoms with Gasteiger partial charge in [-0.25, -0.2) is 9.97 Å². The molecule has 0 unspecified atom stereocenters. The van der Waals surface area contributed by atoms with Gasteiger partial charge in [-0.3, -0.25) is 8.42 Å². The Balaban J connectivity index is 0.000000170. The molecule has 4 rings (SSSR count). The van der Waals surface area contributed by atoms with Gasteiger partial charge in [0, 0.05) is 22.5 Å². The van der Waals surface area contributed by atoms with Crippen molar-refractivity contribution in [2.24, 2.45) is 0 Å². The predicted molar refractivity (Wildman–Crippen MR) is 105 cm³/mol. The zero-order valence-corrected chi connectivity index (χ0v) is 16.8. The van der Waals surface area contributed by atoms with Crippen LogP contribution in [0.4, 0.5) is 0 Å². The minimum Gasteiger partial charge on any atom is -0.759 e. The molecule has 0 aliphatic rings. The van der Waals surface area contributed by atoms with Gasteiger partial charge in [0.05, 0.1) is 20.8 Å². The van der Waals surface area contributed by atoms with E-state index in [1.807, 2.05) is 24.3 Å². The Hall–Kier alpha value is -2.69. The lowest BCUT2D eigenvalue weighted by molar-refractivity contribution is -0.345. The molecule has 29 heavy (non-hydrogen) atoms. The molecule has 2 heterocycles. The average molecular weight is 457 g/mol. The Kier molecular flexibility index (Phi) is 7.54. The molecular formula is C18H14Cl2N2O6S.